The minimum atomic E-state index is -3.78. The first-order valence-electron chi connectivity index (χ1n) is 4.77. The van der Waals surface area contributed by atoms with Gasteiger partial charge in [-0.25, -0.2) is 0 Å². The topological polar surface area (TPSA) is 127 Å². The van der Waals surface area contributed by atoms with Crippen molar-refractivity contribution in [1.82, 2.24) is 0 Å². The van der Waals surface area contributed by atoms with Gasteiger partial charge in [-0.1, -0.05) is 0 Å². The largest absolute Gasteiger partial charge is 0.508 e. The number of nitrogen functional groups attached to an aromatic ring is 1. The van der Waals surface area contributed by atoms with Crippen LogP contribution in [0, 0.1) is 5.41 Å². The average Bonchev–Trinajstić information content (AvgIpc) is 2.54. The Morgan fingerprint density at radius 3 is 2.72 bits per heavy atom. The standard InChI is InChI=1S/C10H10N2O5S/c1-18(14,15)17-8-6-3-2-5(13)4-7(6)16-9(8)10(11)12/h2-4,13H,1H3,(H3,11,12). The summed E-state index contributed by atoms with van der Waals surface area (Å²) in [5.41, 5.74) is 5.47. The van der Waals surface area contributed by atoms with Gasteiger partial charge in [0.15, 0.2) is 11.6 Å². The maximum absolute atomic E-state index is 11.2. The van der Waals surface area contributed by atoms with Crippen LogP contribution in [0.3, 0.4) is 0 Å². The van der Waals surface area contributed by atoms with Crippen LogP contribution in [0.1, 0.15) is 5.76 Å². The highest BCUT2D eigenvalue weighted by Gasteiger charge is 2.21. The Hall–Kier alpha value is -2.22. The smallest absolute Gasteiger partial charge is 0.306 e. The number of hydrogen-bond donors (Lipinski definition) is 3. The monoisotopic (exact) mass is 270 g/mol. The van der Waals surface area contributed by atoms with E-state index in [4.69, 9.17) is 19.7 Å². The number of hydrogen-bond acceptors (Lipinski definition) is 6. The lowest BCUT2D eigenvalue weighted by atomic mass is 10.2. The molecular weight excluding hydrogens is 260 g/mol. The third-order valence-corrected chi connectivity index (χ3v) is 2.58. The highest BCUT2D eigenvalue weighted by atomic mass is 32.2. The molecule has 1 aromatic heterocycles. The molecule has 7 nitrogen and oxygen atoms in total. The highest BCUT2D eigenvalue weighted by Crippen LogP contribution is 2.35. The number of benzene rings is 1. The second-order valence-electron chi connectivity index (χ2n) is 3.64. The number of aromatic hydroxyl groups is 1. The first-order valence-corrected chi connectivity index (χ1v) is 6.59. The highest BCUT2D eigenvalue weighted by molar-refractivity contribution is 7.86. The summed E-state index contributed by atoms with van der Waals surface area (Å²) in [7, 11) is -3.78. The Labute approximate surface area is 102 Å². The van der Waals surface area contributed by atoms with E-state index in [0.29, 0.717) is 5.39 Å². The fraction of sp³-hybridized carbons (Fsp3) is 0.100. The van der Waals surface area contributed by atoms with Crippen molar-refractivity contribution < 1.29 is 22.1 Å². The molecule has 0 unspecified atom stereocenters. The van der Waals surface area contributed by atoms with Crippen LogP contribution in [-0.2, 0) is 10.1 Å². The van der Waals surface area contributed by atoms with E-state index < -0.39 is 16.0 Å². The van der Waals surface area contributed by atoms with Gasteiger partial charge in [0, 0.05) is 6.07 Å². The molecule has 1 aromatic carbocycles. The Bertz CT molecular complexity index is 732. The van der Waals surface area contributed by atoms with Crippen LogP contribution in [-0.4, -0.2) is 25.6 Å². The van der Waals surface area contributed by atoms with Crippen LogP contribution < -0.4 is 9.92 Å². The summed E-state index contributed by atoms with van der Waals surface area (Å²) >= 11 is 0. The van der Waals surface area contributed by atoms with E-state index in [-0.39, 0.29) is 22.8 Å². The fourth-order valence-corrected chi connectivity index (χ4v) is 1.94. The van der Waals surface area contributed by atoms with E-state index in [0.717, 1.165) is 6.26 Å². The third-order valence-electron chi connectivity index (χ3n) is 2.11. The lowest BCUT2D eigenvalue weighted by molar-refractivity contribution is 0.473. The summed E-state index contributed by atoms with van der Waals surface area (Å²) in [5.74, 6) is -0.873. The molecule has 96 valence electrons. The van der Waals surface area contributed by atoms with E-state index in [1.54, 1.807) is 0 Å². The summed E-state index contributed by atoms with van der Waals surface area (Å²) in [4.78, 5) is 0. The molecule has 18 heavy (non-hydrogen) atoms. The molecule has 1 heterocycles. The van der Waals surface area contributed by atoms with Gasteiger partial charge in [-0.2, -0.15) is 8.42 Å². The zero-order valence-corrected chi connectivity index (χ0v) is 10.1. The van der Waals surface area contributed by atoms with Crippen LogP contribution in [0.15, 0.2) is 22.6 Å². The van der Waals surface area contributed by atoms with Crippen molar-refractivity contribution in [2.24, 2.45) is 5.73 Å². The molecule has 0 radical (unpaired) electrons. The predicted octanol–water partition coefficient (Wildman–Crippen LogP) is 0.761. The van der Waals surface area contributed by atoms with Gasteiger partial charge in [0.1, 0.15) is 11.3 Å². The number of phenolic OH excluding ortho intramolecular Hbond substituents is 1. The Kier molecular flexibility index (Phi) is 2.66. The van der Waals surface area contributed by atoms with Crippen LogP contribution >= 0.6 is 0 Å². The first-order chi connectivity index (χ1) is 8.28. The zero-order valence-electron chi connectivity index (χ0n) is 9.30. The van der Waals surface area contributed by atoms with E-state index in [1.807, 2.05) is 0 Å². The maximum atomic E-state index is 11.2. The summed E-state index contributed by atoms with van der Waals surface area (Å²) in [6.07, 6.45) is 0.871. The lowest BCUT2D eigenvalue weighted by Crippen LogP contribution is -2.13. The second kappa shape index (κ2) is 3.91. The summed E-state index contributed by atoms with van der Waals surface area (Å²) in [6, 6.07) is 4.04. The molecule has 0 aliphatic rings. The Morgan fingerprint density at radius 1 is 1.50 bits per heavy atom. The van der Waals surface area contributed by atoms with Gasteiger partial charge < -0.3 is 19.4 Å². The molecular formula is C10H10N2O5S. The van der Waals surface area contributed by atoms with Crippen molar-refractivity contribution in [2.45, 2.75) is 0 Å². The summed E-state index contributed by atoms with van der Waals surface area (Å²) in [5, 5.41) is 16.9. The van der Waals surface area contributed by atoms with Gasteiger partial charge in [-0.15, -0.1) is 0 Å². The molecule has 0 saturated carbocycles. The normalized spacial score (nSPS) is 11.6. The van der Waals surface area contributed by atoms with E-state index in [9.17, 15) is 13.5 Å². The Balaban J connectivity index is 2.74. The van der Waals surface area contributed by atoms with Gasteiger partial charge in [0.05, 0.1) is 11.6 Å². The number of nitrogens with one attached hydrogen (secondary N) is 1. The van der Waals surface area contributed by atoms with Crippen molar-refractivity contribution in [2.75, 3.05) is 6.26 Å². The minimum absolute atomic E-state index is 0.0581. The van der Waals surface area contributed by atoms with Gasteiger partial charge in [-0.05, 0) is 12.1 Å². The third kappa shape index (κ3) is 2.23. The van der Waals surface area contributed by atoms with Crippen LogP contribution in [0.25, 0.3) is 11.0 Å². The van der Waals surface area contributed by atoms with Gasteiger partial charge >= 0.3 is 10.1 Å². The van der Waals surface area contributed by atoms with Gasteiger partial charge in [0.2, 0.25) is 5.76 Å². The van der Waals surface area contributed by atoms with Crippen LogP contribution in [0.2, 0.25) is 0 Å². The molecule has 4 N–H and O–H groups in total. The van der Waals surface area contributed by atoms with Crippen LogP contribution in [0.4, 0.5) is 0 Å². The summed E-state index contributed by atoms with van der Waals surface area (Å²) < 4.78 is 32.3. The van der Waals surface area contributed by atoms with Crippen molar-refractivity contribution in [3.63, 3.8) is 0 Å². The number of amidine groups is 1. The van der Waals surface area contributed by atoms with Crippen LogP contribution in [0.5, 0.6) is 11.5 Å². The maximum Gasteiger partial charge on any atom is 0.306 e. The van der Waals surface area contributed by atoms with E-state index in [2.05, 4.69) is 0 Å². The quantitative estimate of drug-likeness (QED) is 0.429. The van der Waals surface area contributed by atoms with Gasteiger partial charge in [0.25, 0.3) is 0 Å². The number of fused-ring (bicyclic) bond motifs is 1. The number of phenols is 1. The number of rotatable bonds is 3. The average molecular weight is 270 g/mol. The molecule has 0 atom stereocenters. The molecule has 8 heteroatoms. The van der Waals surface area contributed by atoms with Crippen molar-refractivity contribution in [3.8, 4) is 11.5 Å². The Morgan fingerprint density at radius 2 is 2.17 bits per heavy atom. The molecule has 0 bridgehead atoms. The summed E-state index contributed by atoms with van der Waals surface area (Å²) in [6.45, 7) is 0. The molecule has 0 spiro atoms. The zero-order chi connectivity index (χ0) is 13.5. The number of furan rings is 1. The molecule has 0 amide bonds. The van der Waals surface area contributed by atoms with Crippen molar-refractivity contribution in [1.29, 1.82) is 5.41 Å². The SMILES string of the molecule is CS(=O)(=O)Oc1c(C(=N)N)oc2cc(O)ccc12. The first kappa shape index (κ1) is 12.2. The molecule has 2 aromatic rings. The number of nitrogens with two attached hydrogens (primary N) is 1. The van der Waals surface area contributed by atoms with E-state index >= 15 is 0 Å². The molecule has 0 fully saturated rings. The van der Waals surface area contributed by atoms with Gasteiger partial charge in [-0.3, -0.25) is 5.41 Å². The molecule has 0 saturated heterocycles. The molecule has 0 aliphatic carbocycles. The predicted molar refractivity (Wildman–Crippen MR) is 64.4 cm³/mol. The second-order valence-corrected chi connectivity index (χ2v) is 5.22. The van der Waals surface area contributed by atoms with Crippen molar-refractivity contribution >= 4 is 26.9 Å². The lowest BCUT2D eigenvalue weighted by Gasteiger charge is -2.02. The molecule has 2 rings (SSSR count). The molecule has 0 aliphatic heterocycles. The minimum Gasteiger partial charge on any atom is -0.508 e. The van der Waals surface area contributed by atoms with Crippen molar-refractivity contribution in [3.05, 3.63) is 24.0 Å². The van der Waals surface area contributed by atoms with E-state index in [1.165, 1.54) is 18.2 Å². The fourth-order valence-electron chi connectivity index (χ4n) is 1.47.